The molecule has 0 saturated heterocycles. The summed E-state index contributed by atoms with van der Waals surface area (Å²) in [4.78, 5) is 5.72. The minimum Gasteiger partial charge on any atom is -0.493 e. The Morgan fingerprint density at radius 2 is 2.05 bits per heavy atom. The van der Waals surface area contributed by atoms with E-state index < -0.39 is 0 Å². The third-order valence-corrected chi connectivity index (χ3v) is 4.28. The third-order valence-electron chi connectivity index (χ3n) is 3.23. The number of rotatable bonds is 7. The van der Waals surface area contributed by atoms with Crippen molar-refractivity contribution in [2.75, 3.05) is 13.7 Å². The van der Waals surface area contributed by atoms with Gasteiger partial charge in [-0.1, -0.05) is 13.0 Å². The molecule has 4 nitrogen and oxygen atoms in total. The Balaban J connectivity index is 2.05. The molecule has 2 aromatic rings. The highest BCUT2D eigenvalue weighted by molar-refractivity contribution is 7.11. The highest BCUT2D eigenvalue weighted by atomic mass is 32.1. The maximum Gasteiger partial charge on any atom is 0.161 e. The molecule has 0 amide bonds. The van der Waals surface area contributed by atoms with Crippen LogP contribution in [0.1, 0.15) is 28.1 Å². The van der Waals surface area contributed by atoms with Crippen molar-refractivity contribution in [2.24, 2.45) is 0 Å². The summed E-state index contributed by atoms with van der Waals surface area (Å²) in [5, 5.41) is 4.29. The van der Waals surface area contributed by atoms with E-state index in [9.17, 15) is 0 Å². The van der Waals surface area contributed by atoms with E-state index in [1.165, 1.54) is 10.4 Å². The van der Waals surface area contributed by atoms with Crippen molar-refractivity contribution in [1.29, 1.82) is 0 Å². The second-order valence-electron chi connectivity index (χ2n) is 4.80. The average Bonchev–Trinajstić information content (AvgIpc) is 2.82. The minimum atomic E-state index is 0.474. The molecule has 0 aliphatic rings. The first-order valence-electron chi connectivity index (χ1n) is 7.07. The van der Waals surface area contributed by atoms with Crippen LogP contribution in [-0.4, -0.2) is 18.6 Å². The van der Waals surface area contributed by atoms with Crippen molar-refractivity contribution in [3.8, 4) is 11.5 Å². The SMILES string of the molecule is CCNCc1ccc(OCc2nc(C)c(C)s2)c(OC)c1. The lowest BCUT2D eigenvalue weighted by Gasteiger charge is -2.11. The number of hydrogen-bond donors (Lipinski definition) is 1. The van der Waals surface area contributed by atoms with Crippen LogP contribution in [0.15, 0.2) is 18.2 Å². The maximum absolute atomic E-state index is 5.84. The molecule has 0 bridgehead atoms. The van der Waals surface area contributed by atoms with Gasteiger partial charge in [0, 0.05) is 11.4 Å². The van der Waals surface area contributed by atoms with E-state index in [0.717, 1.165) is 35.3 Å². The van der Waals surface area contributed by atoms with E-state index in [-0.39, 0.29) is 0 Å². The number of aryl methyl sites for hydroxylation is 2. The standard InChI is InChI=1S/C16H22N2O2S/c1-5-17-9-13-6-7-14(15(8-13)19-4)20-10-16-18-11(2)12(3)21-16/h6-8,17H,5,9-10H2,1-4H3. The number of methoxy groups -OCH3 is 1. The summed E-state index contributed by atoms with van der Waals surface area (Å²) in [5.41, 5.74) is 2.26. The molecule has 0 radical (unpaired) electrons. The molecule has 114 valence electrons. The van der Waals surface area contributed by atoms with Crippen molar-refractivity contribution in [3.63, 3.8) is 0 Å². The molecule has 1 heterocycles. The number of benzene rings is 1. The summed E-state index contributed by atoms with van der Waals surface area (Å²) in [5.74, 6) is 1.51. The van der Waals surface area contributed by atoms with Crippen LogP contribution >= 0.6 is 11.3 Å². The van der Waals surface area contributed by atoms with Crippen LogP contribution in [0.3, 0.4) is 0 Å². The number of thiazole rings is 1. The summed E-state index contributed by atoms with van der Waals surface area (Å²) >= 11 is 1.67. The molecular weight excluding hydrogens is 284 g/mol. The second-order valence-corrected chi connectivity index (χ2v) is 6.09. The van der Waals surface area contributed by atoms with Gasteiger partial charge in [-0.15, -0.1) is 11.3 Å². The van der Waals surface area contributed by atoms with Crippen LogP contribution in [0.4, 0.5) is 0 Å². The molecule has 0 aliphatic heterocycles. The van der Waals surface area contributed by atoms with Gasteiger partial charge in [0.25, 0.3) is 0 Å². The van der Waals surface area contributed by atoms with E-state index in [1.54, 1.807) is 18.4 Å². The average molecular weight is 306 g/mol. The number of ether oxygens (including phenoxy) is 2. The van der Waals surface area contributed by atoms with Crippen molar-refractivity contribution < 1.29 is 9.47 Å². The molecule has 1 N–H and O–H groups in total. The molecule has 0 saturated carbocycles. The topological polar surface area (TPSA) is 43.4 Å². The molecule has 0 aliphatic carbocycles. The highest BCUT2D eigenvalue weighted by Crippen LogP contribution is 2.29. The smallest absolute Gasteiger partial charge is 0.161 e. The van der Waals surface area contributed by atoms with E-state index in [2.05, 4.69) is 30.2 Å². The van der Waals surface area contributed by atoms with Gasteiger partial charge in [0.1, 0.15) is 11.6 Å². The van der Waals surface area contributed by atoms with Gasteiger partial charge in [0.2, 0.25) is 0 Å². The Morgan fingerprint density at radius 1 is 1.24 bits per heavy atom. The second kappa shape index (κ2) is 7.43. The fraction of sp³-hybridized carbons (Fsp3) is 0.438. The fourth-order valence-electron chi connectivity index (χ4n) is 1.95. The summed E-state index contributed by atoms with van der Waals surface area (Å²) in [6.45, 7) is 8.44. The zero-order chi connectivity index (χ0) is 15.2. The highest BCUT2D eigenvalue weighted by Gasteiger charge is 2.08. The Morgan fingerprint density at radius 3 is 2.67 bits per heavy atom. The van der Waals surface area contributed by atoms with Crippen molar-refractivity contribution in [1.82, 2.24) is 10.3 Å². The first-order valence-corrected chi connectivity index (χ1v) is 7.89. The van der Waals surface area contributed by atoms with Crippen LogP contribution in [0.2, 0.25) is 0 Å². The molecule has 5 heteroatoms. The molecule has 1 aromatic heterocycles. The normalized spacial score (nSPS) is 10.7. The molecule has 0 spiro atoms. The Hall–Kier alpha value is -1.59. The van der Waals surface area contributed by atoms with Gasteiger partial charge in [-0.25, -0.2) is 4.98 Å². The first kappa shape index (κ1) is 15.8. The van der Waals surface area contributed by atoms with Gasteiger partial charge in [0.15, 0.2) is 11.5 Å². The molecule has 21 heavy (non-hydrogen) atoms. The first-order chi connectivity index (χ1) is 10.1. The van der Waals surface area contributed by atoms with Crippen LogP contribution in [0, 0.1) is 13.8 Å². The lowest BCUT2D eigenvalue weighted by atomic mass is 10.2. The largest absolute Gasteiger partial charge is 0.493 e. The lowest BCUT2D eigenvalue weighted by molar-refractivity contribution is 0.283. The lowest BCUT2D eigenvalue weighted by Crippen LogP contribution is -2.11. The van der Waals surface area contributed by atoms with Crippen molar-refractivity contribution >= 4 is 11.3 Å². The van der Waals surface area contributed by atoms with E-state index in [1.807, 2.05) is 19.1 Å². The summed E-state index contributed by atoms with van der Waals surface area (Å²) in [6, 6.07) is 6.02. The molecule has 0 unspecified atom stereocenters. The van der Waals surface area contributed by atoms with Gasteiger partial charge in [0.05, 0.1) is 12.8 Å². The Labute approximate surface area is 130 Å². The molecule has 0 fully saturated rings. The monoisotopic (exact) mass is 306 g/mol. The van der Waals surface area contributed by atoms with Gasteiger partial charge >= 0.3 is 0 Å². The van der Waals surface area contributed by atoms with Crippen LogP contribution < -0.4 is 14.8 Å². The molecule has 2 rings (SSSR count). The van der Waals surface area contributed by atoms with Gasteiger partial charge in [-0.3, -0.25) is 0 Å². The Kier molecular flexibility index (Phi) is 5.59. The third kappa shape index (κ3) is 4.19. The molecule has 1 aromatic carbocycles. The van der Waals surface area contributed by atoms with Gasteiger partial charge in [-0.2, -0.15) is 0 Å². The van der Waals surface area contributed by atoms with Crippen molar-refractivity contribution in [2.45, 2.75) is 33.9 Å². The summed E-state index contributed by atoms with van der Waals surface area (Å²) in [7, 11) is 1.66. The molecular formula is C16H22N2O2S. The minimum absolute atomic E-state index is 0.474. The quantitative estimate of drug-likeness (QED) is 0.851. The zero-order valence-electron chi connectivity index (χ0n) is 13.0. The van der Waals surface area contributed by atoms with Crippen molar-refractivity contribution in [3.05, 3.63) is 39.3 Å². The van der Waals surface area contributed by atoms with Crippen LogP contribution in [0.5, 0.6) is 11.5 Å². The summed E-state index contributed by atoms with van der Waals surface area (Å²) in [6.07, 6.45) is 0. The fourth-order valence-corrected chi connectivity index (χ4v) is 2.80. The number of aromatic nitrogens is 1. The number of nitrogens with one attached hydrogen (secondary N) is 1. The van der Waals surface area contributed by atoms with Crippen LogP contribution in [-0.2, 0) is 13.2 Å². The van der Waals surface area contributed by atoms with E-state index >= 15 is 0 Å². The number of hydrogen-bond acceptors (Lipinski definition) is 5. The molecule has 0 atom stereocenters. The Bertz CT molecular complexity index is 576. The summed E-state index contributed by atoms with van der Waals surface area (Å²) < 4.78 is 11.3. The predicted octanol–water partition coefficient (Wildman–Crippen LogP) is 3.46. The van der Waals surface area contributed by atoms with E-state index in [0.29, 0.717) is 6.61 Å². The van der Waals surface area contributed by atoms with Gasteiger partial charge in [-0.05, 0) is 38.1 Å². The van der Waals surface area contributed by atoms with Gasteiger partial charge < -0.3 is 14.8 Å². The zero-order valence-corrected chi connectivity index (χ0v) is 13.8. The maximum atomic E-state index is 5.84. The van der Waals surface area contributed by atoms with Crippen LogP contribution in [0.25, 0.3) is 0 Å². The predicted molar refractivity (Wildman–Crippen MR) is 86.3 cm³/mol. The van der Waals surface area contributed by atoms with E-state index in [4.69, 9.17) is 9.47 Å². The number of nitrogens with zero attached hydrogens (tertiary/aromatic N) is 1.